The molecule has 1 aromatic rings. The molecule has 2 rings (SSSR count). The fourth-order valence-electron chi connectivity index (χ4n) is 2.10. The van der Waals surface area contributed by atoms with E-state index in [0.717, 1.165) is 13.0 Å². The Morgan fingerprint density at radius 3 is 2.77 bits per heavy atom. The molecule has 0 amide bonds. The molecule has 1 atom stereocenters. The second-order valence-electron chi connectivity index (χ2n) is 3.59. The van der Waals surface area contributed by atoms with Crippen LogP contribution in [0.4, 0.5) is 0 Å². The van der Waals surface area contributed by atoms with E-state index in [2.05, 4.69) is 22.2 Å². The molecule has 0 bridgehead atoms. The van der Waals surface area contributed by atoms with Crippen LogP contribution >= 0.6 is 0 Å². The molecule has 1 saturated heterocycles. The maximum atomic E-state index is 4.07. The number of hydrogen-bond acceptors (Lipinski definition) is 3. The van der Waals surface area contributed by atoms with Gasteiger partial charge in [-0.2, -0.15) is 0 Å². The molecule has 1 aliphatic heterocycles. The van der Waals surface area contributed by atoms with Crippen LogP contribution in [0.25, 0.3) is 0 Å². The zero-order valence-electron chi connectivity index (χ0n) is 7.95. The highest BCUT2D eigenvalue weighted by Gasteiger charge is 2.33. The molecule has 0 spiro atoms. The topological polar surface area (TPSA) is 37.8 Å². The van der Waals surface area contributed by atoms with Gasteiger partial charge >= 0.3 is 0 Å². The number of nitrogens with zero attached hydrogens (tertiary/aromatic N) is 2. The first-order chi connectivity index (χ1) is 6.37. The summed E-state index contributed by atoms with van der Waals surface area (Å²) < 4.78 is 0. The van der Waals surface area contributed by atoms with E-state index in [-0.39, 0.29) is 5.54 Å². The Kier molecular flexibility index (Phi) is 2.27. The third-order valence-electron chi connectivity index (χ3n) is 2.96. The highest BCUT2D eigenvalue weighted by Crippen LogP contribution is 2.32. The van der Waals surface area contributed by atoms with E-state index in [1.54, 1.807) is 6.33 Å². The van der Waals surface area contributed by atoms with Crippen molar-refractivity contribution >= 4 is 0 Å². The SMILES string of the molecule is CCC1(c2cncnc2)CCCN1. The zero-order valence-corrected chi connectivity index (χ0v) is 7.95. The number of hydrogen-bond donors (Lipinski definition) is 1. The molecule has 0 aliphatic carbocycles. The fraction of sp³-hybridized carbons (Fsp3) is 0.600. The molecule has 1 N–H and O–H groups in total. The molecule has 2 heterocycles. The average molecular weight is 177 g/mol. The minimum atomic E-state index is 0.154. The van der Waals surface area contributed by atoms with E-state index in [9.17, 15) is 0 Å². The smallest absolute Gasteiger partial charge is 0.115 e. The maximum Gasteiger partial charge on any atom is 0.115 e. The summed E-state index contributed by atoms with van der Waals surface area (Å²) in [5, 5.41) is 3.56. The van der Waals surface area contributed by atoms with E-state index in [0.29, 0.717) is 0 Å². The van der Waals surface area contributed by atoms with Gasteiger partial charge in [-0.25, -0.2) is 9.97 Å². The highest BCUT2D eigenvalue weighted by atomic mass is 15.0. The van der Waals surface area contributed by atoms with Crippen LogP contribution in [0.15, 0.2) is 18.7 Å². The van der Waals surface area contributed by atoms with Crippen LogP contribution in [0.1, 0.15) is 31.7 Å². The minimum absolute atomic E-state index is 0.154. The van der Waals surface area contributed by atoms with Gasteiger partial charge in [-0.15, -0.1) is 0 Å². The molecule has 0 saturated carbocycles. The van der Waals surface area contributed by atoms with Crippen molar-refractivity contribution in [3.8, 4) is 0 Å². The molecule has 1 fully saturated rings. The van der Waals surface area contributed by atoms with Crippen molar-refractivity contribution in [2.24, 2.45) is 0 Å². The van der Waals surface area contributed by atoms with Crippen molar-refractivity contribution in [1.82, 2.24) is 15.3 Å². The molecular formula is C10H15N3. The summed E-state index contributed by atoms with van der Waals surface area (Å²) >= 11 is 0. The lowest BCUT2D eigenvalue weighted by molar-refractivity contribution is 0.373. The second-order valence-corrected chi connectivity index (χ2v) is 3.59. The van der Waals surface area contributed by atoms with Crippen molar-refractivity contribution in [1.29, 1.82) is 0 Å². The zero-order chi connectivity index (χ0) is 9.15. The first-order valence-corrected chi connectivity index (χ1v) is 4.88. The van der Waals surface area contributed by atoms with Crippen molar-refractivity contribution in [2.45, 2.75) is 31.7 Å². The van der Waals surface area contributed by atoms with Gasteiger partial charge in [0, 0.05) is 23.5 Å². The Labute approximate surface area is 78.6 Å². The summed E-state index contributed by atoms with van der Waals surface area (Å²) in [4.78, 5) is 8.14. The lowest BCUT2D eigenvalue weighted by Crippen LogP contribution is -2.36. The molecule has 1 aromatic heterocycles. The second kappa shape index (κ2) is 3.42. The first kappa shape index (κ1) is 8.63. The van der Waals surface area contributed by atoms with Crippen LogP contribution in [0.3, 0.4) is 0 Å². The summed E-state index contributed by atoms with van der Waals surface area (Å²) in [5.41, 5.74) is 1.39. The van der Waals surface area contributed by atoms with Gasteiger partial charge in [0.2, 0.25) is 0 Å². The van der Waals surface area contributed by atoms with Crippen LogP contribution in [-0.4, -0.2) is 16.5 Å². The third kappa shape index (κ3) is 1.44. The number of nitrogens with one attached hydrogen (secondary N) is 1. The van der Waals surface area contributed by atoms with Crippen LogP contribution in [0.5, 0.6) is 0 Å². The molecule has 0 radical (unpaired) electrons. The normalized spacial score (nSPS) is 27.8. The van der Waals surface area contributed by atoms with Gasteiger partial charge in [0.05, 0.1) is 0 Å². The van der Waals surface area contributed by atoms with Crippen LogP contribution in [0.2, 0.25) is 0 Å². The highest BCUT2D eigenvalue weighted by molar-refractivity contribution is 5.18. The van der Waals surface area contributed by atoms with Crippen LogP contribution in [0, 0.1) is 0 Å². The Morgan fingerprint density at radius 2 is 2.23 bits per heavy atom. The maximum absolute atomic E-state index is 4.07. The summed E-state index contributed by atoms with van der Waals surface area (Å²) in [5.74, 6) is 0. The predicted octanol–water partition coefficient (Wildman–Crippen LogP) is 1.47. The molecule has 1 aliphatic rings. The molecular weight excluding hydrogens is 162 g/mol. The summed E-state index contributed by atoms with van der Waals surface area (Å²) in [7, 11) is 0. The molecule has 0 aromatic carbocycles. The standard InChI is InChI=1S/C10H15N3/c1-2-10(4-3-5-13-10)9-6-11-8-12-7-9/h6-8,13H,2-5H2,1H3. The molecule has 70 valence electrons. The Balaban J connectivity index is 2.31. The van der Waals surface area contributed by atoms with Crippen molar-refractivity contribution in [2.75, 3.05) is 6.54 Å². The van der Waals surface area contributed by atoms with Crippen LogP contribution in [-0.2, 0) is 5.54 Å². The van der Waals surface area contributed by atoms with Gasteiger partial charge < -0.3 is 5.32 Å². The Morgan fingerprint density at radius 1 is 1.46 bits per heavy atom. The van der Waals surface area contributed by atoms with Gasteiger partial charge in [-0.3, -0.25) is 0 Å². The van der Waals surface area contributed by atoms with Gasteiger partial charge in [0.1, 0.15) is 6.33 Å². The largest absolute Gasteiger partial charge is 0.307 e. The van der Waals surface area contributed by atoms with Gasteiger partial charge in [-0.1, -0.05) is 6.92 Å². The van der Waals surface area contributed by atoms with Crippen molar-refractivity contribution < 1.29 is 0 Å². The minimum Gasteiger partial charge on any atom is -0.307 e. The number of aromatic nitrogens is 2. The fourth-order valence-corrected chi connectivity index (χ4v) is 2.10. The van der Waals surface area contributed by atoms with Crippen molar-refractivity contribution in [3.63, 3.8) is 0 Å². The van der Waals surface area contributed by atoms with Crippen LogP contribution < -0.4 is 5.32 Å². The third-order valence-corrected chi connectivity index (χ3v) is 2.96. The van der Waals surface area contributed by atoms with E-state index in [1.165, 1.54) is 18.4 Å². The van der Waals surface area contributed by atoms with E-state index < -0.39 is 0 Å². The summed E-state index contributed by atoms with van der Waals surface area (Å²) in [6, 6.07) is 0. The molecule has 3 nitrogen and oxygen atoms in total. The lowest BCUT2D eigenvalue weighted by Gasteiger charge is -2.27. The predicted molar refractivity (Wildman–Crippen MR) is 51.2 cm³/mol. The Bertz CT molecular complexity index is 265. The first-order valence-electron chi connectivity index (χ1n) is 4.88. The summed E-state index contributed by atoms with van der Waals surface area (Å²) in [6.45, 7) is 3.33. The molecule has 13 heavy (non-hydrogen) atoms. The van der Waals surface area contributed by atoms with E-state index >= 15 is 0 Å². The van der Waals surface area contributed by atoms with E-state index in [4.69, 9.17) is 0 Å². The van der Waals surface area contributed by atoms with E-state index in [1.807, 2.05) is 12.4 Å². The van der Waals surface area contributed by atoms with Gasteiger partial charge in [0.15, 0.2) is 0 Å². The van der Waals surface area contributed by atoms with Crippen molar-refractivity contribution in [3.05, 3.63) is 24.3 Å². The molecule has 3 heteroatoms. The Hall–Kier alpha value is -0.960. The lowest BCUT2D eigenvalue weighted by atomic mass is 9.88. The average Bonchev–Trinajstić information content (AvgIpc) is 2.69. The molecule has 1 unspecified atom stereocenters. The van der Waals surface area contributed by atoms with Gasteiger partial charge in [-0.05, 0) is 25.8 Å². The summed E-state index contributed by atoms with van der Waals surface area (Å²) in [6.07, 6.45) is 9.01. The monoisotopic (exact) mass is 177 g/mol. The van der Waals surface area contributed by atoms with Gasteiger partial charge in [0.25, 0.3) is 0 Å². The quantitative estimate of drug-likeness (QED) is 0.743. The number of rotatable bonds is 2.